The highest BCUT2D eigenvalue weighted by atomic mass is 16.2. The summed E-state index contributed by atoms with van der Waals surface area (Å²) >= 11 is 0. The minimum absolute atomic E-state index is 0.0267. The third-order valence-corrected chi connectivity index (χ3v) is 4.16. The maximum Gasteiger partial charge on any atom is 0.259 e. The largest absolute Gasteiger partial charge is 0.292 e. The van der Waals surface area contributed by atoms with Crippen molar-refractivity contribution < 1.29 is 4.79 Å². The van der Waals surface area contributed by atoms with E-state index in [2.05, 4.69) is 31.2 Å². The number of nitrogens with zero attached hydrogens (tertiary/aromatic N) is 2. The first-order chi connectivity index (χ1) is 10.7. The van der Waals surface area contributed by atoms with E-state index in [-0.39, 0.29) is 5.91 Å². The predicted octanol–water partition coefficient (Wildman–Crippen LogP) is 3.75. The molecule has 22 heavy (non-hydrogen) atoms. The van der Waals surface area contributed by atoms with Gasteiger partial charge >= 0.3 is 0 Å². The number of fused-ring (bicyclic) bond motifs is 2. The monoisotopic (exact) mass is 288 g/mol. The molecule has 0 saturated heterocycles. The number of rotatable bonds is 1. The van der Waals surface area contributed by atoms with E-state index in [9.17, 15) is 4.79 Å². The van der Waals surface area contributed by atoms with Crippen LogP contribution < -0.4 is 4.90 Å². The molecule has 1 amide bonds. The van der Waals surface area contributed by atoms with Crippen molar-refractivity contribution in [3.8, 4) is 0 Å². The maximum atomic E-state index is 12.7. The Hall–Kier alpha value is -2.68. The van der Waals surface area contributed by atoms with Gasteiger partial charge in [0.1, 0.15) is 5.82 Å². The molecular formula is C19H16N2O. The lowest BCUT2D eigenvalue weighted by Crippen LogP contribution is -2.29. The summed E-state index contributed by atoms with van der Waals surface area (Å²) in [5.41, 5.74) is 3.99. The molecule has 0 spiro atoms. The van der Waals surface area contributed by atoms with Gasteiger partial charge in [0.25, 0.3) is 5.91 Å². The van der Waals surface area contributed by atoms with Gasteiger partial charge in [-0.2, -0.15) is 0 Å². The zero-order valence-corrected chi connectivity index (χ0v) is 12.4. The Labute approximate surface area is 129 Å². The van der Waals surface area contributed by atoms with Crippen LogP contribution in [0.1, 0.15) is 21.5 Å². The Bertz CT molecular complexity index is 871. The van der Waals surface area contributed by atoms with Gasteiger partial charge in [0, 0.05) is 17.5 Å². The lowest BCUT2D eigenvalue weighted by molar-refractivity contribution is 0.0989. The molecule has 2 aromatic carbocycles. The van der Waals surface area contributed by atoms with Crippen LogP contribution in [0, 0.1) is 6.92 Å². The molecule has 0 N–H and O–H groups in total. The van der Waals surface area contributed by atoms with Crippen LogP contribution in [0.2, 0.25) is 0 Å². The van der Waals surface area contributed by atoms with Gasteiger partial charge < -0.3 is 0 Å². The van der Waals surface area contributed by atoms with E-state index in [0.717, 1.165) is 28.7 Å². The fourth-order valence-corrected chi connectivity index (χ4v) is 3.00. The van der Waals surface area contributed by atoms with E-state index in [1.807, 2.05) is 30.3 Å². The zero-order chi connectivity index (χ0) is 15.1. The maximum absolute atomic E-state index is 12.7. The molecule has 0 atom stereocenters. The van der Waals surface area contributed by atoms with Crippen molar-refractivity contribution in [2.45, 2.75) is 13.3 Å². The van der Waals surface area contributed by atoms with Crippen LogP contribution in [0.25, 0.3) is 10.9 Å². The lowest BCUT2D eigenvalue weighted by atomic mass is 10.1. The smallest absolute Gasteiger partial charge is 0.259 e. The van der Waals surface area contributed by atoms with Crippen LogP contribution in [0.15, 0.2) is 54.6 Å². The van der Waals surface area contributed by atoms with Crippen LogP contribution in [0.4, 0.5) is 5.82 Å². The van der Waals surface area contributed by atoms with Crippen LogP contribution in [-0.2, 0) is 6.42 Å². The van der Waals surface area contributed by atoms with Crippen molar-refractivity contribution in [2.24, 2.45) is 0 Å². The van der Waals surface area contributed by atoms with Crippen LogP contribution >= 0.6 is 0 Å². The fourth-order valence-electron chi connectivity index (χ4n) is 3.00. The molecule has 0 fully saturated rings. The van der Waals surface area contributed by atoms with Crippen LogP contribution in [0.5, 0.6) is 0 Å². The van der Waals surface area contributed by atoms with Crippen molar-refractivity contribution in [1.29, 1.82) is 0 Å². The number of aryl methyl sites for hydroxylation is 1. The summed E-state index contributed by atoms with van der Waals surface area (Å²) in [5.74, 6) is 0.839. The Morgan fingerprint density at radius 3 is 2.73 bits per heavy atom. The van der Waals surface area contributed by atoms with Crippen LogP contribution in [0.3, 0.4) is 0 Å². The van der Waals surface area contributed by atoms with E-state index in [4.69, 9.17) is 4.98 Å². The average Bonchev–Trinajstić information content (AvgIpc) is 2.95. The summed E-state index contributed by atoms with van der Waals surface area (Å²) in [7, 11) is 0. The Kier molecular flexibility index (Phi) is 2.93. The number of carbonyl (C=O) groups excluding carboxylic acids is 1. The van der Waals surface area contributed by atoms with Crippen molar-refractivity contribution in [2.75, 3.05) is 11.4 Å². The number of hydrogen-bond acceptors (Lipinski definition) is 2. The van der Waals surface area contributed by atoms with Gasteiger partial charge in [-0.3, -0.25) is 9.69 Å². The highest BCUT2D eigenvalue weighted by molar-refractivity contribution is 6.07. The number of carbonyl (C=O) groups is 1. The molecule has 3 heteroatoms. The first-order valence-corrected chi connectivity index (χ1v) is 7.49. The third kappa shape index (κ3) is 2.06. The van der Waals surface area contributed by atoms with Crippen molar-refractivity contribution >= 4 is 22.6 Å². The first kappa shape index (κ1) is 13.0. The average molecular weight is 288 g/mol. The number of pyridine rings is 1. The summed E-state index contributed by atoms with van der Waals surface area (Å²) in [6.07, 6.45) is 0.866. The van der Waals surface area contributed by atoms with E-state index in [0.29, 0.717) is 12.1 Å². The third-order valence-electron chi connectivity index (χ3n) is 4.16. The Morgan fingerprint density at radius 1 is 1.09 bits per heavy atom. The fraction of sp³-hybridized carbons (Fsp3) is 0.158. The van der Waals surface area contributed by atoms with Crippen molar-refractivity contribution in [3.05, 3.63) is 71.3 Å². The normalized spacial score (nSPS) is 13.4. The second-order valence-corrected chi connectivity index (χ2v) is 5.74. The molecule has 108 valence electrons. The summed E-state index contributed by atoms with van der Waals surface area (Å²) in [6, 6.07) is 17.8. The highest BCUT2D eigenvalue weighted by Crippen LogP contribution is 2.30. The summed E-state index contributed by atoms with van der Waals surface area (Å²) < 4.78 is 0. The Morgan fingerprint density at radius 2 is 1.91 bits per heavy atom. The Balaban J connectivity index is 1.80. The van der Waals surface area contributed by atoms with E-state index >= 15 is 0 Å². The quantitative estimate of drug-likeness (QED) is 0.683. The number of benzene rings is 2. The van der Waals surface area contributed by atoms with Crippen LogP contribution in [-0.4, -0.2) is 17.4 Å². The number of amides is 1. The molecule has 3 nitrogen and oxygen atoms in total. The first-order valence-electron chi connectivity index (χ1n) is 7.49. The molecule has 0 aliphatic carbocycles. The minimum Gasteiger partial charge on any atom is -0.292 e. The molecule has 1 aliphatic rings. The van der Waals surface area contributed by atoms with Gasteiger partial charge in [-0.05, 0) is 48.7 Å². The lowest BCUT2D eigenvalue weighted by Gasteiger charge is -2.16. The highest BCUT2D eigenvalue weighted by Gasteiger charge is 2.27. The summed E-state index contributed by atoms with van der Waals surface area (Å²) in [6.45, 7) is 2.76. The second-order valence-electron chi connectivity index (χ2n) is 5.74. The number of hydrogen-bond donors (Lipinski definition) is 0. The van der Waals surface area contributed by atoms with Gasteiger partial charge in [-0.25, -0.2) is 4.98 Å². The van der Waals surface area contributed by atoms with E-state index in [1.165, 1.54) is 5.56 Å². The summed E-state index contributed by atoms with van der Waals surface area (Å²) in [5, 5.41) is 1.14. The minimum atomic E-state index is 0.0267. The second kappa shape index (κ2) is 4.95. The predicted molar refractivity (Wildman–Crippen MR) is 88.3 cm³/mol. The SMILES string of the molecule is Cc1ccc2cc3c(nc2c1)N(C(=O)c1ccccc1)CC3. The zero-order valence-electron chi connectivity index (χ0n) is 12.4. The van der Waals surface area contributed by atoms with E-state index < -0.39 is 0 Å². The molecule has 0 radical (unpaired) electrons. The molecule has 2 heterocycles. The van der Waals surface area contributed by atoms with Gasteiger partial charge in [-0.1, -0.05) is 30.3 Å². The number of aromatic nitrogens is 1. The van der Waals surface area contributed by atoms with Crippen molar-refractivity contribution in [3.63, 3.8) is 0 Å². The van der Waals surface area contributed by atoms with Crippen molar-refractivity contribution in [1.82, 2.24) is 4.98 Å². The molecule has 3 aromatic rings. The molecule has 0 bridgehead atoms. The number of anilines is 1. The molecule has 4 rings (SSSR count). The van der Waals surface area contributed by atoms with Gasteiger partial charge in [-0.15, -0.1) is 0 Å². The molecular weight excluding hydrogens is 272 g/mol. The molecule has 1 aliphatic heterocycles. The molecule has 1 aromatic heterocycles. The van der Waals surface area contributed by atoms with Gasteiger partial charge in [0.2, 0.25) is 0 Å². The summed E-state index contributed by atoms with van der Waals surface area (Å²) in [4.78, 5) is 19.2. The molecule has 0 unspecified atom stereocenters. The topological polar surface area (TPSA) is 33.2 Å². The van der Waals surface area contributed by atoms with Gasteiger partial charge in [0.05, 0.1) is 5.52 Å². The standard InChI is InChI=1S/C19H16N2O/c1-13-7-8-15-12-16-9-10-21(18(16)20-17(15)11-13)19(22)14-5-3-2-4-6-14/h2-8,11-12H,9-10H2,1H3. The van der Waals surface area contributed by atoms with Gasteiger partial charge in [0.15, 0.2) is 0 Å². The van der Waals surface area contributed by atoms with E-state index in [1.54, 1.807) is 4.90 Å². The molecule has 0 saturated carbocycles.